The van der Waals surface area contributed by atoms with Crippen LogP contribution in [-0.2, 0) is 4.79 Å². The third kappa shape index (κ3) is 1.44. The minimum atomic E-state index is -0.781. The normalized spacial score (nSPS) is 17.6. The molecule has 0 saturated carbocycles. The maximum absolute atomic E-state index is 10.8. The van der Waals surface area contributed by atoms with Crippen LogP contribution in [0.25, 0.3) is 0 Å². The Bertz CT molecular complexity index is 164. The van der Waals surface area contributed by atoms with E-state index in [0.29, 0.717) is 13.1 Å². The monoisotopic (exact) mass is 143 g/mol. The van der Waals surface area contributed by atoms with Crippen molar-refractivity contribution in [2.24, 2.45) is 11.7 Å². The summed E-state index contributed by atoms with van der Waals surface area (Å²) in [4.78, 5) is 20.9. The number of imide groups is 1. The lowest BCUT2D eigenvalue weighted by Crippen LogP contribution is -2.52. The number of carbonyl (C=O) groups excluding carboxylic acids is 2. The molecular formula is C5H9N3O2. The van der Waals surface area contributed by atoms with Gasteiger partial charge in [0.2, 0.25) is 5.91 Å². The Kier molecular flexibility index (Phi) is 1.86. The highest BCUT2D eigenvalue weighted by molar-refractivity contribution is 5.95. The van der Waals surface area contributed by atoms with Crippen LogP contribution in [0.4, 0.5) is 4.79 Å². The summed E-state index contributed by atoms with van der Waals surface area (Å²) in [5, 5.41) is 4.91. The molecule has 4 N–H and O–H groups in total. The van der Waals surface area contributed by atoms with E-state index in [9.17, 15) is 9.59 Å². The molecule has 0 aromatic rings. The Morgan fingerprint density at radius 3 is 2.40 bits per heavy atom. The molecule has 1 aliphatic heterocycles. The lowest BCUT2D eigenvalue weighted by atomic mass is 10.0. The van der Waals surface area contributed by atoms with E-state index in [0.717, 1.165) is 0 Å². The molecule has 0 radical (unpaired) electrons. The molecule has 0 aromatic carbocycles. The molecule has 0 unspecified atom stereocenters. The molecule has 1 fully saturated rings. The van der Waals surface area contributed by atoms with Gasteiger partial charge in [-0.15, -0.1) is 0 Å². The van der Waals surface area contributed by atoms with Crippen molar-refractivity contribution in [2.45, 2.75) is 0 Å². The Morgan fingerprint density at radius 2 is 2.10 bits per heavy atom. The van der Waals surface area contributed by atoms with Gasteiger partial charge in [0, 0.05) is 13.1 Å². The quantitative estimate of drug-likeness (QED) is 0.413. The first-order chi connectivity index (χ1) is 4.70. The van der Waals surface area contributed by atoms with Crippen molar-refractivity contribution in [1.29, 1.82) is 0 Å². The first-order valence-corrected chi connectivity index (χ1v) is 3.01. The van der Waals surface area contributed by atoms with Crippen LogP contribution < -0.4 is 16.4 Å². The van der Waals surface area contributed by atoms with Crippen LogP contribution in [0.3, 0.4) is 0 Å². The number of rotatable bonds is 1. The molecule has 0 spiro atoms. The van der Waals surface area contributed by atoms with Crippen LogP contribution in [0, 0.1) is 5.92 Å². The largest absolute Gasteiger partial charge is 0.351 e. The van der Waals surface area contributed by atoms with Gasteiger partial charge in [-0.1, -0.05) is 0 Å². The molecule has 0 atom stereocenters. The number of nitrogens with two attached hydrogens (primary N) is 1. The van der Waals surface area contributed by atoms with E-state index in [4.69, 9.17) is 5.73 Å². The second-order valence-corrected chi connectivity index (χ2v) is 2.21. The second kappa shape index (κ2) is 2.66. The summed E-state index contributed by atoms with van der Waals surface area (Å²) < 4.78 is 0. The van der Waals surface area contributed by atoms with Gasteiger partial charge in [-0.2, -0.15) is 0 Å². The van der Waals surface area contributed by atoms with Gasteiger partial charge in [-0.05, 0) is 0 Å². The van der Waals surface area contributed by atoms with E-state index >= 15 is 0 Å². The van der Waals surface area contributed by atoms with Crippen molar-refractivity contribution >= 4 is 11.9 Å². The van der Waals surface area contributed by atoms with Crippen LogP contribution in [0.2, 0.25) is 0 Å². The third-order valence-electron chi connectivity index (χ3n) is 1.40. The molecule has 56 valence electrons. The Balaban J connectivity index is 2.27. The van der Waals surface area contributed by atoms with E-state index < -0.39 is 6.03 Å². The lowest BCUT2D eigenvalue weighted by molar-refractivity contribution is -0.125. The fourth-order valence-corrected chi connectivity index (χ4v) is 0.698. The minimum Gasteiger partial charge on any atom is -0.351 e. The Labute approximate surface area is 58.0 Å². The maximum Gasteiger partial charge on any atom is 0.318 e. The molecular weight excluding hydrogens is 134 g/mol. The average molecular weight is 143 g/mol. The molecule has 1 aliphatic rings. The van der Waals surface area contributed by atoms with Crippen molar-refractivity contribution in [3.05, 3.63) is 0 Å². The fraction of sp³-hybridized carbons (Fsp3) is 0.600. The highest BCUT2D eigenvalue weighted by Crippen LogP contribution is 2.00. The van der Waals surface area contributed by atoms with Crippen molar-refractivity contribution in [3.8, 4) is 0 Å². The molecule has 0 aliphatic carbocycles. The number of urea groups is 1. The zero-order chi connectivity index (χ0) is 7.56. The number of amides is 3. The predicted molar refractivity (Wildman–Crippen MR) is 34.1 cm³/mol. The number of hydrogen-bond donors (Lipinski definition) is 3. The van der Waals surface area contributed by atoms with Crippen LogP contribution in [0.5, 0.6) is 0 Å². The SMILES string of the molecule is NC(=O)NC(=O)C1CNC1. The summed E-state index contributed by atoms with van der Waals surface area (Å²) in [6.45, 7) is 1.28. The van der Waals surface area contributed by atoms with E-state index in [2.05, 4.69) is 5.32 Å². The van der Waals surface area contributed by atoms with Gasteiger partial charge >= 0.3 is 6.03 Å². The van der Waals surface area contributed by atoms with Gasteiger partial charge in [0.15, 0.2) is 0 Å². The van der Waals surface area contributed by atoms with Crippen molar-refractivity contribution < 1.29 is 9.59 Å². The van der Waals surface area contributed by atoms with E-state index in [1.165, 1.54) is 0 Å². The molecule has 3 amide bonds. The first-order valence-electron chi connectivity index (χ1n) is 3.01. The zero-order valence-corrected chi connectivity index (χ0v) is 5.39. The van der Waals surface area contributed by atoms with Gasteiger partial charge in [-0.3, -0.25) is 10.1 Å². The second-order valence-electron chi connectivity index (χ2n) is 2.21. The van der Waals surface area contributed by atoms with Gasteiger partial charge < -0.3 is 11.1 Å². The fourth-order valence-electron chi connectivity index (χ4n) is 0.698. The zero-order valence-electron chi connectivity index (χ0n) is 5.39. The average Bonchev–Trinajstić information content (AvgIpc) is 1.55. The summed E-state index contributed by atoms with van der Waals surface area (Å²) in [5.74, 6) is -0.362. The summed E-state index contributed by atoms with van der Waals surface area (Å²) in [7, 11) is 0. The maximum atomic E-state index is 10.8. The number of hydrogen-bond acceptors (Lipinski definition) is 3. The molecule has 0 aromatic heterocycles. The highest BCUT2D eigenvalue weighted by atomic mass is 16.2. The van der Waals surface area contributed by atoms with E-state index in [-0.39, 0.29) is 11.8 Å². The summed E-state index contributed by atoms with van der Waals surface area (Å²) in [6.07, 6.45) is 0. The molecule has 5 heteroatoms. The molecule has 0 bridgehead atoms. The number of carbonyl (C=O) groups is 2. The topological polar surface area (TPSA) is 84.2 Å². The molecule has 10 heavy (non-hydrogen) atoms. The Hall–Kier alpha value is -1.10. The lowest BCUT2D eigenvalue weighted by Gasteiger charge is -2.24. The van der Waals surface area contributed by atoms with Crippen LogP contribution in [-0.4, -0.2) is 25.0 Å². The summed E-state index contributed by atoms with van der Waals surface area (Å²) in [5.41, 5.74) is 4.72. The van der Waals surface area contributed by atoms with E-state index in [1.54, 1.807) is 0 Å². The van der Waals surface area contributed by atoms with E-state index in [1.807, 2.05) is 5.32 Å². The van der Waals surface area contributed by atoms with Crippen LogP contribution in [0.1, 0.15) is 0 Å². The van der Waals surface area contributed by atoms with Gasteiger partial charge in [0.1, 0.15) is 0 Å². The van der Waals surface area contributed by atoms with Crippen LogP contribution >= 0.6 is 0 Å². The van der Waals surface area contributed by atoms with Gasteiger partial charge in [-0.25, -0.2) is 4.79 Å². The standard InChI is InChI=1S/C5H9N3O2/c6-5(10)8-4(9)3-1-7-2-3/h3,7H,1-2H2,(H3,6,8,9,10). The van der Waals surface area contributed by atoms with Crippen molar-refractivity contribution in [2.75, 3.05) is 13.1 Å². The highest BCUT2D eigenvalue weighted by Gasteiger charge is 2.25. The Morgan fingerprint density at radius 1 is 1.50 bits per heavy atom. The number of nitrogens with one attached hydrogen (secondary N) is 2. The molecule has 5 nitrogen and oxygen atoms in total. The van der Waals surface area contributed by atoms with Crippen molar-refractivity contribution in [3.63, 3.8) is 0 Å². The third-order valence-corrected chi connectivity index (χ3v) is 1.40. The first kappa shape index (κ1) is 7.01. The van der Waals surface area contributed by atoms with Crippen LogP contribution in [0.15, 0.2) is 0 Å². The van der Waals surface area contributed by atoms with Gasteiger partial charge in [0.25, 0.3) is 0 Å². The van der Waals surface area contributed by atoms with Gasteiger partial charge in [0.05, 0.1) is 5.92 Å². The summed E-state index contributed by atoms with van der Waals surface area (Å²) in [6, 6.07) is -0.781. The smallest absolute Gasteiger partial charge is 0.318 e. The number of primary amides is 1. The molecule has 1 saturated heterocycles. The molecule has 1 rings (SSSR count). The minimum absolute atomic E-state index is 0.0764. The van der Waals surface area contributed by atoms with Crippen molar-refractivity contribution in [1.82, 2.24) is 10.6 Å². The molecule has 1 heterocycles. The summed E-state index contributed by atoms with van der Waals surface area (Å²) >= 11 is 0. The predicted octanol–water partition coefficient (Wildman–Crippen LogP) is -1.60.